The van der Waals surface area contributed by atoms with Gasteiger partial charge < -0.3 is 0 Å². The van der Waals surface area contributed by atoms with Gasteiger partial charge in [-0.05, 0) is 0 Å². The number of hydrogen-bond acceptors (Lipinski definition) is 0. The van der Waals surface area contributed by atoms with E-state index < -0.39 is 0 Å². The van der Waals surface area contributed by atoms with Crippen LogP contribution in [0.25, 0.3) is 0 Å². The first-order valence-corrected chi connectivity index (χ1v) is 0. The third kappa shape index (κ3) is 75.9. The second kappa shape index (κ2) is 82.2. The first-order valence-electron chi connectivity index (χ1n) is 0. The van der Waals surface area contributed by atoms with Crippen molar-refractivity contribution in [3.63, 3.8) is 0 Å². The van der Waals surface area contributed by atoms with Gasteiger partial charge in [0.25, 0.3) is 0 Å². The standard InChI is InChI=1S/13Y. The molecule has 0 atom stereocenters. The van der Waals surface area contributed by atoms with Crippen LogP contribution >= 0.6 is 0 Å². The Morgan fingerprint density at radius 3 is 0.0769 bits per heavy atom. The Balaban J connectivity index is 0. The van der Waals surface area contributed by atoms with E-state index in [1.165, 1.54) is 0 Å². The molecule has 0 aliphatic rings. The molecule has 0 aromatic rings. The van der Waals surface area contributed by atoms with Gasteiger partial charge in [0.2, 0.25) is 0 Å². The summed E-state index contributed by atoms with van der Waals surface area (Å²) in [6.07, 6.45) is 0. The van der Waals surface area contributed by atoms with Crippen LogP contribution in [0.2, 0.25) is 0 Å². The van der Waals surface area contributed by atoms with Gasteiger partial charge in [-0.25, -0.2) is 0 Å². The minimum atomic E-state index is 0. The van der Waals surface area contributed by atoms with Crippen molar-refractivity contribution in [2.24, 2.45) is 0 Å². The summed E-state index contributed by atoms with van der Waals surface area (Å²) in [5.41, 5.74) is 0. The van der Waals surface area contributed by atoms with E-state index in [4.69, 9.17) is 0 Å². The van der Waals surface area contributed by atoms with Crippen molar-refractivity contribution >= 4 is 0 Å². The Kier molecular flexibility index (Phi) is 583. The molecule has 0 heterocycles. The largest absolute Gasteiger partial charge is 0 e. The van der Waals surface area contributed by atoms with Crippen molar-refractivity contribution in [2.75, 3.05) is 0 Å². The number of hydrogen-bond donors (Lipinski definition) is 0. The summed E-state index contributed by atoms with van der Waals surface area (Å²) in [7, 11) is 0. The van der Waals surface area contributed by atoms with E-state index in [1.807, 2.05) is 0 Å². The summed E-state index contributed by atoms with van der Waals surface area (Å²) in [4.78, 5) is 0. The van der Waals surface area contributed by atoms with Gasteiger partial charge in [0.15, 0.2) is 0 Å². The molecule has 39 valence electrons. The second-order valence-corrected chi connectivity index (χ2v) is 0. The average molecular weight is 1160 g/mol. The maximum Gasteiger partial charge on any atom is 0 e. The fourth-order valence-corrected chi connectivity index (χ4v) is 0. The average Bonchev–Trinajstić information content (AvgIpc) is 0. The van der Waals surface area contributed by atoms with Crippen LogP contribution in [0.3, 0.4) is 0 Å². The predicted molar refractivity (Wildman–Crippen MR) is 0 cm³/mol. The van der Waals surface area contributed by atoms with Crippen LogP contribution in [-0.2, 0) is 425 Å². The summed E-state index contributed by atoms with van der Waals surface area (Å²) < 4.78 is 0. The summed E-state index contributed by atoms with van der Waals surface area (Å²) >= 11 is 0. The van der Waals surface area contributed by atoms with Gasteiger partial charge in [0.1, 0.15) is 0 Å². The van der Waals surface area contributed by atoms with E-state index in [9.17, 15) is 0 Å². The Hall–Kier alpha value is 14.4. The molecule has 0 aromatic carbocycles. The molecular weight excluding hydrogens is 1160 g/mol. The monoisotopic (exact) mass is 1160 g/mol. The van der Waals surface area contributed by atoms with Crippen LogP contribution < -0.4 is 0 Å². The van der Waals surface area contributed by atoms with Crippen LogP contribution in [0.4, 0.5) is 0 Å². The normalized spacial score (nSPS) is 0. The maximum atomic E-state index is 0. The molecule has 0 spiro atoms. The van der Waals surface area contributed by atoms with Gasteiger partial charge in [0, 0.05) is 425 Å². The van der Waals surface area contributed by atoms with Crippen molar-refractivity contribution < 1.29 is 425 Å². The van der Waals surface area contributed by atoms with E-state index in [2.05, 4.69) is 0 Å². The zero-order chi connectivity index (χ0) is 0. The Labute approximate surface area is 409 Å². The maximum absolute atomic E-state index is 0. The molecular formula is Y13. The van der Waals surface area contributed by atoms with Crippen molar-refractivity contribution in [2.45, 2.75) is 0 Å². The molecule has 0 saturated carbocycles. The van der Waals surface area contributed by atoms with Crippen molar-refractivity contribution in [1.82, 2.24) is 0 Å². The molecule has 0 unspecified atom stereocenters. The SMILES string of the molecule is [Y].[Y].[Y].[Y].[Y].[Y].[Y].[Y].[Y].[Y].[Y].[Y].[Y]. The van der Waals surface area contributed by atoms with E-state index in [1.54, 1.807) is 0 Å². The van der Waals surface area contributed by atoms with Crippen molar-refractivity contribution in [3.05, 3.63) is 0 Å². The Bertz CT molecular complexity index is 0. The van der Waals surface area contributed by atoms with Crippen LogP contribution in [0, 0.1) is 0 Å². The summed E-state index contributed by atoms with van der Waals surface area (Å²) in [6, 6.07) is 0. The summed E-state index contributed by atoms with van der Waals surface area (Å²) in [5.74, 6) is 0. The molecule has 0 nitrogen and oxygen atoms in total. The minimum absolute atomic E-state index is 0. The third-order valence-electron chi connectivity index (χ3n) is 0. The molecule has 13 radical (unpaired) electrons. The first-order chi connectivity index (χ1) is 0. The van der Waals surface area contributed by atoms with E-state index in [0.29, 0.717) is 0 Å². The first kappa shape index (κ1) is 92.2. The van der Waals surface area contributed by atoms with Gasteiger partial charge in [-0.3, -0.25) is 0 Å². The molecule has 0 fully saturated rings. The van der Waals surface area contributed by atoms with Gasteiger partial charge in [-0.2, -0.15) is 0 Å². The molecule has 13 heavy (non-hydrogen) atoms. The molecule has 13 heteroatoms. The minimum Gasteiger partial charge on any atom is 0 e. The molecule has 0 rings (SSSR count). The molecule has 0 N–H and O–H groups in total. The number of rotatable bonds is 0. The van der Waals surface area contributed by atoms with E-state index in [0.717, 1.165) is 0 Å². The molecule has 0 amide bonds. The zero-order valence-electron chi connectivity index (χ0n) is 7.51. The van der Waals surface area contributed by atoms with Crippen LogP contribution in [0.5, 0.6) is 0 Å². The predicted octanol–water partition coefficient (Wildman–Crippen LogP) is -0.0325. The van der Waals surface area contributed by atoms with Crippen LogP contribution in [-0.4, -0.2) is 0 Å². The molecule has 0 aliphatic carbocycles. The van der Waals surface area contributed by atoms with E-state index in [-0.39, 0.29) is 425 Å². The van der Waals surface area contributed by atoms with Crippen LogP contribution in [0.15, 0.2) is 0 Å². The second-order valence-electron chi connectivity index (χ2n) is 0. The fourth-order valence-electron chi connectivity index (χ4n) is 0. The van der Waals surface area contributed by atoms with Gasteiger partial charge in [-0.1, -0.05) is 0 Å². The third-order valence-corrected chi connectivity index (χ3v) is 0. The summed E-state index contributed by atoms with van der Waals surface area (Å²) in [5, 5.41) is 0. The van der Waals surface area contributed by atoms with Gasteiger partial charge >= 0.3 is 0 Å². The van der Waals surface area contributed by atoms with Crippen molar-refractivity contribution in [1.29, 1.82) is 0 Å². The topological polar surface area (TPSA) is 0 Å². The molecule has 0 aliphatic heterocycles. The van der Waals surface area contributed by atoms with Crippen molar-refractivity contribution in [3.8, 4) is 0 Å². The van der Waals surface area contributed by atoms with E-state index >= 15 is 0 Å². The Morgan fingerprint density at radius 1 is 0.0769 bits per heavy atom. The Morgan fingerprint density at radius 2 is 0.0769 bits per heavy atom. The van der Waals surface area contributed by atoms with Gasteiger partial charge in [0.05, 0.1) is 0 Å². The molecule has 0 aromatic heterocycles. The smallest absolute Gasteiger partial charge is 0 e. The summed E-state index contributed by atoms with van der Waals surface area (Å²) in [6.45, 7) is 0. The van der Waals surface area contributed by atoms with Crippen LogP contribution in [0.1, 0.15) is 0 Å². The quantitative estimate of drug-likeness (QED) is 0.321. The molecule has 0 bridgehead atoms. The fraction of sp³-hybridized carbons (Fsp3) is 0. The zero-order valence-corrected chi connectivity index (χ0v) is 44.4. The molecule has 0 saturated heterocycles. The van der Waals surface area contributed by atoms with Gasteiger partial charge in [-0.15, -0.1) is 0 Å².